The summed E-state index contributed by atoms with van der Waals surface area (Å²) in [6.07, 6.45) is 1.44. The topological polar surface area (TPSA) is 109 Å². The molecule has 4 aromatic rings. The quantitative estimate of drug-likeness (QED) is 0.450. The third-order valence-corrected chi connectivity index (χ3v) is 6.02. The number of aromatic amines is 1. The summed E-state index contributed by atoms with van der Waals surface area (Å²) in [5.41, 5.74) is 1.81. The van der Waals surface area contributed by atoms with Gasteiger partial charge >= 0.3 is 0 Å². The number of amides is 1. The molecule has 0 unspecified atom stereocenters. The van der Waals surface area contributed by atoms with Gasteiger partial charge in [-0.3, -0.25) is 14.6 Å². The number of anilines is 2. The molecule has 0 aliphatic carbocycles. The van der Waals surface area contributed by atoms with Crippen molar-refractivity contribution in [3.05, 3.63) is 71.5 Å². The minimum Gasteiger partial charge on any atom is -0.340 e. The molecule has 0 saturated carbocycles. The average Bonchev–Trinajstić information content (AvgIpc) is 3.29. The van der Waals surface area contributed by atoms with Gasteiger partial charge in [0.05, 0.1) is 11.1 Å². The lowest BCUT2D eigenvalue weighted by Gasteiger charge is -2.09. The van der Waals surface area contributed by atoms with Crippen molar-refractivity contribution in [3.8, 4) is 0 Å². The Morgan fingerprint density at radius 1 is 1.10 bits per heavy atom. The number of carbonyl (C=O) groups is 1. The zero-order valence-electron chi connectivity index (χ0n) is 15.2. The Hall–Kier alpha value is -3.30. The lowest BCUT2D eigenvalue weighted by atomic mass is 10.2. The molecule has 2 aromatic carbocycles. The minimum atomic E-state index is -3.76. The van der Waals surface area contributed by atoms with E-state index in [0.717, 1.165) is 10.9 Å². The number of fused-ring (bicyclic) bond motifs is 1. The summed E-state index contributed by atoms with van der Waals surface area (Å²) in [6.45, 7) is 0. The van der Waals surface area contributed by atoms with Crippen LogP contribution in [0.1, 0.15) is 10.5 Å². The summed E-state index contributed by atoms with van der Waals surface area (Å²) >= 11 is 6.02. The molecule has 10 heteroatoms. The largest absolute Gasteiger partial charge is 0.340 e. The monoisotopic (exact) mass is 429 g/mol. The third kappa shape index (κ3) is 3.82. The van der Waals surface area contributed by atoms with Crippen molar-refractivity contribution < 1.29 is 13.2 Å². The number of aryl methyl sites for hydroxylation is 1. The fourth-order valence-electron chi connectivity index (χ4n) is 2.97. The van der Waals surface area contributed by atoms with E-state index >= 15 is 0 Å². The number of benzene rings is 2. The number of rotatable bonds is 5. The van der Waals surface area contributed by atoms with E-state index in [1.165, 1.54) is 36.5 Å². The zero-order chi connectivity index (χ0) is 20.6. The summed E-state index contributed by atoms with van der Waals surface area (Å²) in [6, 6.07) is 14.5. The predicted molar refractivity (Wildman–Crippen MR) is 112 cm³/mol. The molecule has 2 aromatic heterocycles. The van der Waals surface area contributed by atoms with Crippen molar-refractivity contribution in [2.45, 2.75) is 4.90 Å². The number of nitrogens with one attached hydrogen (secondary N) is 3. The standard InChI is InChI=1S/C19H16ClN5O3S/c1-25-16-7-2-13(20)10-12(16)11-17(25)19(26)22-14-3-5-15(6-4-14)29(27,28)24-18-8-9-21-23-18/h2-11H,1H3,(H,22,26)(H2,21,23,24). The van der Waals surface area contributed by atoms with Gasteiger partial charge in [-0.2, -0.15) is 5.10 Å². The molecule has 0 aliphatic rings. The van der Waals surface area contributed by atoms with Crippen LogP contribution in [-0.2, 0) is 17.1 Å². The molecule has 8 nitrogen and oxygen atoms in total. The first kappa shape index (κ1) is 19.0. The van der Waals surface area contributed by atoms with Gasteiger partial charge in [-0.1, -0.05) is 11.6 Å². The number of aromatic nitrogens is 3. The molecule has 29 heavy (non-hydrogen) atoms. The van der Waals surface area contributed by atoms with E-state index in [9.17, 15) is 13.2 Å². The van der Waals surface area contributed by atoms with E-state index in [2.05, 4.69) is 20.2 Å². The van der Waals surface area contributed by atoms with Gasteiger partial charge in [0.25, 0.3) is 15.9 Å². The second-order valence-corrected chi connectivity index (χ2v) is 8.46. The van der Waals surface area contributed by atoms with Crippen LogP contribution in [0.25, 0.3) is 10.9 Å². The van der Waals surface area contributed by atoms with Crippen molar-refractivity contribution in [1.29, 1.82) is 0 Å². The second-order valence-electron chi connectivity index (χ2n) is 6.35. The summed E-state index contributed by atoms with van der Waals surface area (Å²) < 4.78 is 28.9. The highest BCUT2D eigenvalue weighted by Gasteiger charge is 2.17. The highest BCUT2D eigenvalue weighted by Crippen LogP contribution is 2.24. The maximum atomic E-state index is 12.7. The Morgan fingerprint density at radius 3 is 2.55 bits per heavy atom. The normalized spacial score (nSPS) is 11.5. The van der Waals surface area contributed by atoms with E-state index in [0.29, 0.717) is 16.4 Å². The summed E-state index contributed by atoms with van der Waals surface area (Å²) in [5, 5.41) is 10.5. The van der Waals surface area contributed by atoms with Crippen LogP contribution in [0.15, 0.2) is 65.7 Å². The number of hydrogen-bond acceptors (Lipinski definition) is 4. The lowest BCUT2D eigenvalue weighted by Crippen LogP contribution is -2.16. The van der Waals surface area contributed by atoms with Crippen LogP contribution < -0.4 is 10.0 Å². The Labute approximate surface area is 171 Å². The van der Waals surface area contributed by atoms with Gasteiger partial charge in [-0.25, -0.2) is 8.42 Å². The molecule has 4 rings (SSSR count). The van der Waals surface area contributed by atoms with E-state index < -0.39 is 10.0 Å². The highest BCUT2D eigenvalue weighted by atomic mass is 35.5. The Morgan fingerprint density at radius 2 is 1.86 bits per heavy atom. The molecule has 0 spiro atoms. The number of sulfonamides is 1. The molecule has 0 bridgehead atoms. The molecule has 0 atom stereocenters. The van der Waals surface area contributed by atoms with E-state index in [1.807, 2.05) is 6.07 Å². The SMILES string of the molecule is Cn1c(C(=O)Nc2ccc(S(=O)(=O)Nc3ccn[nH]3)cc2)cc2cc(Cl)ccc21. The van der Waals surface area contributed by atoms with E-state index in [-0.39, 0.29) is 16.6 Å². The lowest BCUT2D eigenvalue weighted by molar-refractivity contribution is 0.101. The molecule has 0 fully saturated rings. The molecule has 3 N–H and O–H groups in total. The molecule has 0 aliphatic heterocycles. The molecule has 0 saturated heterocycles. The summed E-state index contributed by atoms with van der Waals surface area (Å²) in [4.78, 5) is 12.7. The van der Waals surface area contributed by atoms with Gasteiger partial charge in [0.15, 0.2) is 0 Å². The van der Waals surface area contributed by atoms with Crippen molar-refractivity contribution in [2.75, 3.05) is 10.0 Å². The number of nitrogens with zero attached hydrogens (tertiary/aromatic N) is 2. The Bertz CT molecular complexity index is 1300. The number of hydrogen-bond donors (Lipinski definition) is 3. The maximum Gasteiger partial charge on any atom is 0.272 e. The van der Waals surface area contributed by atoms with Crippen molar-refractivity contribution in [2.24, 2.45) is 7.05 Å². The molecular weight excluding hydrogens is 414 g/mol. The van der Waals surface area contributed by atoms with Crippen molar-refractivity contribution in [1.82, 2.24) is 14.8 Å². The fraction of sp³-hybridized carbons (Fsp3) is 0.0526. The molecule has 1 amide bonds. The van der Waals surface area contributed by atoms with Crippen LogP contribution in [-0.4, -0.2) is 29.1 Å². The van der Waals surface area contributed by atoms with Crippen LogP contribution in [0.3, 0.4) is 0 Å². The summed E-state index contributed by atoms with van der Waals surface area (Å²) in [5.74, 6) is -0.0516. The van der Waals surface area contributed by atoms with E-state index in [1.54, 1.807) is 29.8 Å². The first-order chi connectivity index (χ1) is 13.8. The number of H-pyrrole nitrogens is 1. The van der Waals surface area contributed by atoms with Crippen LogP contribution in [0.4, 0.5) is 11.5 Å². The molecular formula is C19H16ClN5O3S. The second kappa shape index (κ2) is 7.26. The van der Waals surface area contributed by atoms with Gasteiger partial charge in [0, 0.05) is 34.7 Å². The van der Waals surface area contributed by atoms with Crippen LogP contribution >= 0.6 is 11.6 Å². The minimum absolute atomic E-state index is 0.0596. The maximum absolute atomic E-state index is 12.7. The third-order valence-electron chi connectivity index (χ3n) is 4.40. The smallest absolute Gasteiger partial charge is 0.272 e. The van der Waals surface area contributed by atoms with Crippen LogP contribution in [0, 0.1) is 0 Å². The fourth-order valence-corrected chi connectivity index (χ4v) is 4.16. The summed E-state index contributed by atoms with van der Waals surface area (Å²) in [7, 11) is -1.97. The predicted octanol–water partition coefficient (Wildman–Crippen LogP) is 3.61. The molecule has 0 radical (unpaired) electrons. The highest BCUT2D eigenvalue weighted by molar-refractivity contribution is 7.92. The van der Waals surface area contributed by atoms with Crippen LogP contribution in [0.5, 0.6) is 0 Å². The van der Waals surface area contributed by atoms with Crippen molar-refractivity contribution >= 4 is 49.9 Å². The Kier molecular flexibility index (Phi) is 4.77. The molecule has 2 heterocycles. The Balaban J connectivity index is 1.53. The van der Waals surface area contributed by atoms with Gasteiger partial charge in [0.2, 0.25) is 0 Å². The molecule has 148 valence electrons. The van der Waals surface area contributed by atoms with Gasteiger partial charge in [-0.05, 0) is 48.5 Å². The average molecular weight is 430 g/mol. The van der Waals surface area contributed by atoms with Gasteiger partial charge in [0.1, 0.15) is 11.5 Å². The van der Waals surface area contributed by atoms with Gasteiger partial charge in [-0.15, -0.1) is 0 Å². The van der Waals surface area contributed by atoms with Gasteiger partial charge < -0.3 is 9.88 Å². The first-order valence-electron chi connectivity index (χ1n) is 8.52. The number of carbonyl (C=O) groups excluding carboxylic acids is 1. The number of halogens is 1. The first-order valence-corrected chi connectivity index (χ1v) is 10.4. The van der Waals surface area contributed by atoms with Crippen molar-refractivity contribution in [3.63, 3.8) is 0 Å². The zero-order valence-corrected chi connectivity index (χ0v) is 16.8. The van der Waals surface area contributed by atoms with Crippen LogP contribution in [0.2, 0.25) is 5.02 Å². The van der Waals surface area contributed by atoms with E-state index in [4.69, 9.17) is 11.6 Å².